The molecule has 0 aromatic heterocycles. The fourth-order valence-corrected chi connectivity index (χ4v) is 1.77. The van der Waals surface area contributed by atoms with Crippen LogP contribution in [0.3, 0.4) is 0 Å². The van der Waals surface area contributed by atoms with Gasteiger partial charge in [-0.2, -0.15) is 0 Å². The maximum absolute atomic E-state index is 11.9. The minimum absolute atomic E-state index is 0.518. The van der Waals surface area contributed by atoms with Gasteiger partial charge in [-0.25, -0.2) is 9.59 Å². The van der Waals surface area contributed by atoms with Crippen LogP contribution in [-0.2, 0) is 4.79 Å². The van der Waals surface area contributed by atoms with Gasteiger partial charge in [-0.1, -0.05) is 26.8 Å². The number of hydrogen-bond donors (Lipinski definition) is 3. The molecule has 0 aliphatic heterocycles. The Morgan fingerprint density at radius 1 is 1.15 bits per heavy atom. The molecular formula is C15H22N2O3. The number of urea groups is 1. The van der Waals surface area contributed by atoms with Crippen LogP contribution in [0.4, 0.5) is 10.5 Å². The van der Waals surface area contributed by atoms with Crippen molar-refractivity contribution in [1.29, 1.82) is 0 Å². The SMILES string of the molecule is Cc1ccc(NC(=O)N[C@H](C(=O)O)C(C)(C)C)cc1C. The van der Waals surface area contributed by atoms with Crippen molar-refractivity contribution in [2.45, 2.75) is 40.7 Å². The fourth-order valence-electron chi connectivity index (χ4n) is 1.77. The summed E-state index contributed by atoms with van der Waals surface area (Å²) in [7, 11) is 0. The van der Waals surface area contributed by atoms with Crippen LogP contribution in [0, 0.1) is 19.3 Å². The summed E-state index contributed by atoms with van der Waals surface area (Å²) in [6.07, 6.45) is 0. The third-order valence-corrected chi connectivity index (χ3v) is 3.15. The van der Waals surface area contributed by atoms with Gasteiger partial charge in [-0.05, 0) is 42.5 Å². The lowest BCUT2D eigenvalue weighted by molar-refractivity contribution is -0.141. The molecule has 5 heteroatoms. The topological polar surface area (TPSA) is 78.4 Å². The monoisotopic (exact) mass is 278 g/mol. The molecule has 0 heterocycles. The van der Waals surface area contributed by atoms with E-state index in [9.17, 15) is 9.59 Å². The highest BCUT2D eigenvalue weighted by Gasteiger charge is 2.32. The average Bonchev–Trinajstić information content (AvgIpc) is 2.29. The number of carbonyl (C=O) groups is 2. The molecular weight excluding hydrogens is 256 g/mol. The van der Waals surface area contributed by atoms with Gasteiger partial charge in [0, 0.05) is 5.69 Å². The second-order valence-electron chi connectivity index (χ2n) is 6.03. The first-order valence-corrected chi connectivity index (χ1v) is 6.49. The third kappa shape index (κ3) is 4.26. The number of nitrogens with one attached hydrogen (secondary N) is 2. The molecule has 0 saturated carbocycles. The number of aliphatic carboxylic acids is 1. The molecule has 0 aliphatic rings. The Labute approximate surface area is 119 Å². The molecule has 5 nitrogen and oxygen atoms in total. The molecule has 1 atom stereocenters. The van der Waals surface area contributed by atoms with Gasteiger partial charge >= 0.3 is 12.0 Å². The standard InChI is InChI=1S/C15H22N2O3/c1-9-6-7-11(8-10(9)2)16-14(20)17-12(13(18)19)15(3,4)5/h6-8,12H,1-5H3,(H,18,19)(H2,16,17,20)/t12-/m1/s1. The van der Waals surface area contributed by atoms with Crippen molar-refractivity contribution >= 4 is 17.7 Å². The van der Waals surface area contributed by atoms with Gasteiger partial charge in [0.05, 0.1) is 0 Å². The molecule has 0 unspecified atom stereocenters. The van der Waals surface area contributed by atoms with Gasteiger partial charge in [-0.15, -0.1) is 0 Å². The fraction of sp³-hybridized carbons (Fsp3) is 0.467. The molecule has 20 heavy (non-hydrogen) atoms. The number of amides is 2. The molecule has 1 aromatic rings. The molecule has 0 bridgehead atoms. The second kappa shape index (κ2) is 5.94. The summed E-state index contributed by atoms with van der Waals surface area (Å²) in [5.74, 6) is -1.05. The number of carbonyl (C=O) groups excluding carboxylic acids is 1. The summed E-state index contributed by atoms with van der Waals surface area (Å²) in [5.41, 5.74) is 2.28. The van der Waals surface area contributed by atoms with E-state index in [-0.39, 0.29) is 0 Å². The van der Waals surface area contributed by atoms with E-state index in [1.54, 1.807) is 26.8 Å². The van der Waals surface area contributed by atoms with Gasteiger partial charge in [0.2, 0.25) is 0 Å². The van der Waals surface area contributed by atoms with Crippen LogP contribution in [0.15, 0.2) is 18.2 Å². The van der Waals surface area contributed by atoms with Crippen LogP contribution in [-0.4, -0.2) is 23.1 Å². The van der Waals surface area contributed by atoms with E-state index >= 15 is 0 Å². The smallest absolute Gasteiger partial charge is 0.326 e. The summed E-state index contributed by atoms with van der Waals surface area (Å²) in [6.45, 7) is 9.24. The molecule has 0 fully saturated rings. The van der Waals surface area contributed by atoms with Gasteiger partial charge in [0.15, 0.2) is 0 Å². The van der Waals surface area contributed by atoms with Gasteiger partial charge in [-0.3, -0.25) is 0 Å². The Hall–Kier alpha value is -2.04. The molecule has 1 rings (SSSR count). The van der Waals surface area contributed by atoms with Crippen molar-refractivity contribution in [3.8, 4) is 0 Å². The lowest BCUT2D eigenvalue weighted by Gasteiger charge is -2.27. The zero-order chi connectivity index (χ0) is 15.5. The normalized spacial score (nSPS) is 12.7. The molecule has 0 aliphatic carbocycles. The second-order valence-corrected chi connectivity index (χ2v) is 6.03. The Kier molecular flexibility index (Phi) is 4.76. The maximum Gasteiger partial charge on any atom is 0.326 e. The highest BCUT2D eigenvalue weighted by Crippen LogP contribution is 2.20. The number of aryl methyl sites for hydroxylation is 2. The van der Waals surface area contributed by atoms with E-state index in [0.717, 1.165) is 11.1 Å². The molecule has 110 valence electrons. The zero-order valence-electron chi connectivity index (χ0n) is 12.6. The van der Waals surface area contributed by atoms with E-state index in [1.165, 1.54) is 0 Å². The number of carboxylic acid groups (broad SMARTS) is 1. The Morgan fingerprint density at radius 2 is 1.75 bits per heavy atom. The van der Waals surface area contributed by atoms with Crippen LogP contribution in [0.2, 0.25) is 0 Å². The predicted molar refractivity (Wildman–Crippen MR) is 78.9 cm³/mol. The highest BCUT2D eigenvalue weighted by atomic mass is 16.4. The van der Waals surface area contributed by atoms with Crippen molar-refractivity contribution in [3.63, 3.8) is 0 Å². The lowest BCUT2D eigenvalue weighted by Crippen LogP contribution is -2.50. The zero-order valence-corrected chi connectivity index (χ0v) is 12.6. The summed E-state index contributed by atoms with van der Waals surface area (Å²) < 4.78 is 0. The largest absolute Gasteiger partial charge is 0.480 e. The Bertz CT molecular complexity index is 518. The van der Waals surface area contributed by atoms with Crippen molar-refractivity contribution in [1.82, 2.24) is 5.32 Å². The Morgan fingerprint density at radius 3 is 2.20 bits per heavy atom. The minimum atomic E-state index is -1.05. The molecule has 3 N–H and O–H groups in total. The number of hydrogen-bond acceptors (Lipinski definition) is 2. The minimum Gasteiger partial charge on any atom is -0.480 e. The van der Waals surface area contributed by atoms with E-state index in [4.69, 9.17) is 5.11 Å². The van der Waals surface area contributed by atoms with Gasteiger partial charge in [0.1, 0.15) is 6.04 Å². The quantitative estimate of drug-likeness (QED) is 0.795. The number of anilines is 1. The van der Waals surface area contributed by atoms with E-state index in [2.05, 4.69) is 10.6 Å². The highest BCUT2D eigenvalue weighted by molar-refractivity contribution is 5.92. The van der Waals surface area contributed by atoms with Crippen LogP contribution in [0.5, 0.6) is 0 Å². The van der Waals surface area contributed by atoms with Crippen molar-refractivity contribution in [2.24, 2.45) is 5.41 Å². The van der Waals surface area contributed by atoms with Gasteiger partial charge < -0.3 is 15.7 Å². The van der Waals surface area contributed by atoms with E-state index in [1.807, 2.05) is 26.0 Å². The maximum atomic E-state index is 11.9. The average molecular weight is 278 g/mol. The summed E-state index contributed by atoms with van der Waals surface area (Å²) in [5, 5.41) is 14.3. The predicted octanol–water partition coefficient (Wildman–Crippen LogP) is 2.92. The van der Waals surface area contributed by atoms with Crippen LogP contribution in [0.1, 0.15) is 31.9 Å². The number of rotatable bonds is 3. The van der Waals surface area contributed by atoms with Gasteiger partial charge in [0.25, 0.3) is 0 Å². The third-order valence-electron chi connectivity index (χ3n) is 3.15. The first-order valence-electron chi connectivity index (χ1n) is 6.49. The molecule has 2 amide bonds. The lowest BCUT2D eigenvalue weighted by atomic mass is 9.87. The summed E-state index contributed by atoms with van der Waals surface area (Å²) in [6, 6.07) is 4.07. The van der Waals surface area contributed by atoms with Crippen molar-refractivity contribution < 1.29 is 14.7 Å². The summed E-state index contributed by atoms with van der Waals surface area (Å²) in [4.78, 5) is 23.1. The first-order chi connectivity index (χ1) is 9.11. The molecule has 0 spiro atoms. The molecule has 0 radical (unpaired) electrons. The van der Waals surface area contributed by atoms with E-state index < -0.39 is 23.5 Å². The number of benzene rings is 1. The summed E-state index contributed by atoms with van der Waals surface area (Å²) >= 11 is 0. The molecule has 0 saturated heterocycles. The van der Waals surface area contributed by atoms with Crippen molar-refractivity contribution in [3.05, 3.63) is 29.3 Å². The van der Waals surface area contributed by atoms with Crippen molar-refractivity contribution in [2.75, 3.05) is 5.32 Å². The van der Waals surface area contributed by atoms with Crippen LogP contribution in [0.25, 0.3) is 0 Å². The first kappa shape index (κ1) is 16.0. The number of carboxylic acids is 1. The van der Waals surface area contributed by atoms with E-state index in [0.29, 0.717) is 5.69 Å². The van der Waals surface area contributed by atoms with Crippen LogP contribution >= 0.6 is 0 Å². The molecule has 1 aromatic carbocycles. The Balaban J connectivity index is 2.76. The van der Waals surface area contributed by atoms with Crippen LogP contribution < -0.4 is 10.6 Å².